The van der Waals surface area contributed by atoms with Gasteiger partial charge in [-0.25, -0.2) is 4.79 Å². The van der Waals surface area contributed by atoms with E-state index in [4.69, 9.17) is 5.11 Å². The summed E-state index contributed by atoms with van der Waals surface area (Å²) in [7, 11) is 1.76. The summed E-state index contributed by atoms with van der Waals surface area (Å²) in [4.78, 5) is 24.3. The molecule has 1 aromatic rings. The van der Waals surface area contributed by atoms with Crippen molar-refractivity contribution in [1.82, 2.24) is 4.90 Å². The highest BCUT2D eigenvalue weighted by Gasteiger charge is 2.18. The zero-order valence-electron chi connectivity index (χ0n) is 12.4. The van der Waals surface area contributed by atoms with Gasteiger partial charge in [0.15, 0.2) is 0 Å². The fraction of sp³-hybridized carbons (Fsp3) is 0.467. The average Bonchev–Trinajstić information content (AvgIpc) is 2.38. The van der Waals surface area contributed by atoms with E-state index in [1.54, 1.807) is 36.2 Å². The Hall–Kier alpha value is -2.04. The van der Waals surface area contributed by atoms with Crippen molar-refractivity contribution in [2.75, 3.05) is 12.4 Å². The van der Waals surface area contributed by atoms with Crippen molar-refractivity contribution in [3.05, 3.63) is 29.8 Å². The van der Waals surface area contributed by atoms with E-state index in [1.165, 1.54) is 0 Å². The number of carboxylic acid groups (broad SMARTS) is 1. The minimum absolute atomic E-state index is 0.0154. The van der Waals surface area contributed by atoms with E-state index in [2.05, 4.69) is 19.2 Å². The third-order valence-corrected chi connectivity index (χ3v) is 3.46. The second-order valence-electron chi connectivity index (χ2n) is 5.29. The summed E-state index contributed by atoms with van der Waals surface area (Å²) in [6.45, 7) is 6.13. The van der Waals surface area contributed by atoms with Gasteiger partial charge in [-0.15, -0.1) is 0 Å². The molecule has 1 unspecified atom stereocenters. The highest BCUT2D eigenvalue weighted by molar-refractivity contribution is 5.89. The molecule has 5 nitrogen and oxygen atoms in total. The first-order chi connectivity index (χ1) is 9.31. The van der Waals surface area contributed by atoms with E-state index >= 15 is 0 Å². The van der Waals surface area contributed by atoms with Crippen LogP contribution >= 0.6 is 0 Å². The molecular weight excluding hydrogens is 256 g/mol. The van der Waals surface area contributed by atoms with Gasteiger partial charge >= 0.3 is 12.0 Å². The lowest BCUT2D eigenvalue weighted by molar-refractivity contribution is -0.136. The maximum absolute atomic E-state index is 12.0. The molecular formula is C15H22N2O3. The molecule has 0 fully saturated rings. The van der Waals surface area contributed by atoms with Crippen LogP contribution in [0.3, 0.4) is 0 Å². The first-order valence-corrected chi connectivity index (χ1v) is 6.65. The summed E-state index contributed by atoms with van der Waals surface area (Å²) in [5.74, 6) is -0.490. The van der Waals surface area contributed by atoms with Crippen molar-refractivity contribution in [3.8, 4) is 0 Å². The lowest BCUT2D eigenvalue weighted by atomic mass is 10.1. The van der Waals surface area contributed by atoms with Crippen LogP contribution in [0.5, 0.6) is 0 Å². The fourth-order valence-corrected chi connectivity index (χ4v) is 1.72. The Morgan fingerprint density at radius 3 is 2.20 bits per heavy atom. The van der Waals surface area contributed by atoms with E-state index in [-0.39, 0.29) is 18.5 Å². The molecule has 1 atom stereocenters. The van der Waals surface area contributed by atoms with Crippen molar-refractivity contribution in [2.24, 2.45) is 5.92 Å². The van der Waals surface area contributed by atoms with Crippen LogP contribution in [0, 0.1) is 5.92 Å². The molecule has 2 N–H and O–H groups in total. The second kappa shape index (κ2) is 6.93. The van der Waals surface area contributed by atoms with Crippen LogP contribution in [-0.4, -0.2) is 35.1 Å². The second-order valence-corrected chi connectivity index (χ2v) is 5.29. The Morgan fingerprint density at radius 2 is 1.75 bits per heavy atom. The standard InChI is InChI=1S/C15H22N2O3/c1-10(2)11(3)17(4)15(20)16-13-7-5-12(6-8-13)9-14(18)19/h5-8,10-11H,9H2,1-4H3,(H,16,20)(H,18,19). The fourth-order valence-electron chi connectivity index (χ4n) is 1.72. The van der Waals surface area contributed by atoms with Gasteiger partial charge in [-0.05, 0) is 30.5 Å². The molecule has 0 radical (unpaired) electrons. The van der Waals surface area contributed by atoms with Crippen molar-refractivity contribution in [3.63, 3.8) is 0 Å². The maximum Gasteiger partial charge on any atom is 0.321 e. The summed E-state index contributed by atoms with van der Waals surface area (Å²) in [5.41, 5.74) is 1.37. The molecule has 5 heteroatoms. The number of aliphatic carboxylic acids is 1. The van der Waals surface area contributed by atoms with Crippen molar-refractivity contribution < 1.29 is 14.7 Å². The van der Waals surface area contributed by atoms with E-state index in [0.29, 0.717) is 17.2 Å². The maximum atomic E-state index is 12.0. The number of anilines is 1. The molecule has 0 aromatic heterocycles. The molecule has 0 aliphatic rings. The molecule has 0 saturated carbocycles. The summed E-state index contributed by atoms with van der Waals surface area (Å²) < 4.78 is 0. The summed E-state index contributed by atoms with van der Waals surface area (Å²) in [5, 5.41) is 11.5. The molecule has 0 spiro atoms. The SMILES string of the molecule is CC(C)C(C)N(C)C(=O)Nc1ccc(CC(=O)O)cc1. The van der Waals surface area contributed by atoms with Crippen LogP contribution in [0.2, 0.25) is 0 Å². The normalized spacial score (nSPS) is 12.1. The highest BCUT2D eigenvalue weighted by Crippen LogP contribution is 2.13. The number of nitrogens with one attached hydrogen (secondary N) is 1. The van der Waals surface area contributed by atoms with Crippen LogP contribution < -0.4 is 5.32 Å². The van der Waals surface area contributed by atoms with Gasteiger partial charge in [-0.1, -0.05) is 26.0 Å². The number of carbonyl (C=O) groups excluding carboxylic acids is 1. The molecule has 110 valence electrons. The number of rotatable bonds is 5. The van der Waals surface area contributed by atoms with E-state index in [0.717, 1.165) is 0 Å². The summed E-state index contributed by atoms with van der Waals surface area (Å²) in [6, 6.07) is 6.80. The molecule has 0 aliphatic carbocycles. The molecule has 0 bridgehead atoms. The number of carboxylic acids is 1. The Labute approximate surface area is 119 Å². The minimum Gasteiger partial charge on any atom is -0.481 e. The van der Waals surface area contributed by atoms with Gasteiger partial charge in [0.1, 0.15) is 0 Å². The van der Waals surface area contributed by atoms with Crippen LogP contribution in [-0.2, 0) is 11.2 Å². The zero-order valence-corrected chi connectivity index (χ0v) is 12.4. The van der Waals surface area contributed by atoms with Gasteiger partial charge in [-0.3, -0.25) is 4.79 Å². The van der Waals surface area contributed by atoms with Crippen molar-refractivity contribution >= 4 is 17.7 Å². The van der Waals surface area contributed by atoms with Gasteiger partial charge in [0.05, 0.1) is 6.42 Å². The molecule has 20 heavy (non-hydrogen) atoms. The Morgan fingerprint density at radius 1 is 1.20 bits per heavy atom. The third kappa shape index (κ3) is 4.57. The van der Waals surface area contributed by atoms with E-state index in [1.807, 2.05) is 6.92 Å². The number of benzene rings is 1. The number of hydrogen-bond acceptors (Lipinski definition) is 2. The predicted molar refractivity (Wildman–Crippen MR) is 78.9 cm³/mol. The predicted octanol–water partition coefficient (Wildman–Crippen LogP) is 2.82. The summed E-state index contributed by atoms with van der Waals surface area (Å²) in [6.07, 6.45) is -0.0154. The smallest absolute Gasteiger partial charge is 0.321 e. The van der Waals surface area contributed by atoms with Crippen LogP contribution in [0.4, 0.5) is 10.5 Å². The third-order valence-electron chi connectivity index (χ3n) is 3.46. The lowest BCUT2D eigenvalue weighted by Crippen LogP contribution is -2.40. The molecule has 1 aromatic carbocycles. The first kappa shape index (κ1) is 16.0. The van der Waals surface area contributed by atoms with Gasteiger partial charge in [0.2, 0.25) is 0 Å². The highest BCUT2D eigenvalue weighted by atomic mass is 16.4. The van der Waals surface area contributed by atoms with Gasteiger partial charge < -0.3 is 15.3 Å². The van der Waals surface area contributed by atoms with Gasteiger partial charge in [0.25, 0.3) is 0 Å². The Bertz CT molecular complexity index is 469. The molecule has 0 aliphatic heterocycles. The number of nitrogens with zero attached hydrogens (tertiary/aromatic N) is 1. The monoisotopic (exact) mass is 278 g/mol. The largest absolute Gasteiger partial charge is 0.481 e. The topological polar surface area (TPSA) is 69.6 Å². The molecule has 2 amide bonds. The lowest BCUT2D eigenvalue weighted by Gasteiger charge is -2.28. The Balaban J connectivity index is 2.64. The van der Waals surface area contributed by atoms with Gasteiger partial charge in [-0.2, -0.15) is 0 Å². The number of hydrogen-bond donors (Lipinski definition) is 2. The van der Waals surface area contributed by atoms with Crippen LogP contribution in [0.15, 0.2) is 24.3 Å². The zero-order chi connectivity index (χ0) is 15.3. The van der Waals surface area contributed by atoms with Crippen molar-refractivity contribution in [2.45, 2.75) is 33.2 Å². The molecule has 1 rings (SSSR count). The first-order valence-electron chi connectivity index (χ1n) is 6.65. The van der Waals surface area contributed by atoms with E-state index < -0.39 is 5.97 Å². The molecule has 0 heterocycles. The quantitative estimate of drug-likeness (QED) is 0.870. The van der Waals surface area contributed by atoms with Gasteiger partial charge in [0, 0.05) is 18.8 Å². The van der Waals surface area contributed by atoms with Crippen LogP contribution in [0.25, 0.3) is 0 Å². The number of carbonyl (C=O) groups is 2. The van der Waals surface area contributed by atoms with Crippen LogP contribution in [0.1, 0.15) is 26.3 Å². The number of urea groups is 1. The van der Waals surface area contributed by atoms with E-state index in [9.17, 15) is 9.59 Å². The summed E-state index contributed by atoms with van der Waals surface area (Å²) >= 11 is 0. The number of amides is 2. The molecule has 0 saturated heterocycles. The minimum atomic E-state index is -0.868. The van der Waals surface area contributed by atoms with Crippen molar-refractivity contribution in [1.29, 1.82) is 0 Å². The average molecular weight is 278 g/mol. The Kier molecular flexibility index (Phi) is 5.55.